The van der Waals surface area contributed by atoms with Crippen molar-refractivity contribution in [2.75, 3.05) is 13.1 Å². The Morgan fingerprint density at radius 3 is 2.95 bits per heavy atom. The number of nitrogens with zero attached hydrogens (tertiary/aromatic N) is 4. The fourth-order valence-corrected chi connectivity index (χ4v) is 3.85. The Bertz CT molecular complexity index is 580. The van der Waals surface area contributed by atoms with Crippen LogP contribution in [0.5, 0.6) is 0 Å². The molecule has 0 aromatic carbocycles. The maximum Gasteiger partial charge on any atom is 0.260 e. The maximum atomic E-state index is 12.4. The van der Waals surface area contributed by atoms with Crippen LogP contribution in [0.2, 0.25) is 0 Å². The van der Waals surface area contributed by atoms with E-state index in [0.717, 1.165) is 0 Å². The fourth-order valence-electron chi connectivity index (χ4n) is 2.23. The monoisotopic (exact) mass is 287 g/mol. The van der Waals surface area contributed by atoms with Crippen LogP contribution in [-0.4, -0.2) is 46.6 Å². The van der Waals surface area contributed by atoms with E-state index in [2.05, 4.69) is 10.3 Å². The molecule has 0 spiro atoms. The molecule has 1 fully saturated rings. The zero-order valence-corrected chi connectivity index (χ0v) is 11.4. The number of hydrogen-bond donors (Lipinski definition) is 2. The number of nitrogens with two attached hydrogens (primary N) is 1. The van der Waals surface area contributed by atoms with Crippen molar-refractivity contribution in [3.63, 3.8) is 0 Å². The van der Waals surface area contributed by atoms with Crippen LogP contribution in [0, 0.1) is 5.92 Å². The summed E-state index contributed by atoms with van der Waals surface area (Å²) in [7, 11) is -2.00. The van der Waals surface area contributed by atoms with Gasteiger partial charge in [-0.3, -0.25) is 4.68 Å². The third-order valence-corrected chi connectivity index (χ3v) is 5.24. The summed E-state index contributed by atoms with van der Waals surface area (Å²) in [6, 6.07) is 1.46. The molecule has 0 radical (unpaired) electrons. The second kappa shape index (κ2) is 5.17. The van der Waals surface area contributed by atoms with Crippen LogP contribution in [-0.2, 0) is 17.1 Å². The van der Waals surface area contributed by atoms with Crippen LogP contribution in [0.4, 0.5) is 0 Å². The Hall–Kier alpha value is -1.61. The molecule has 9 heteroatoms. The number of oxime groups is 1. The molecule has 3 N–H and O–H groups in total. The van der Waals surface area contributed by atoms with Gasteiger partial charge in [-0.15, -0.1) is 0 Å². The molecule has 1 saturated heterocycles. The van der Waals surface area contributed by atoms with Crippen molar-refractivity contribution in [3.05, 3.63) is 12.3 Å². The smallest absolute Gasteiger partial charge is 0.260 e. The molecule has 1 aliphatic rings. The molecule has 0 amide bonds. The second-order valence-electron chi connectivity index (χ2n) is 4.52. The average molecular weight is 287 g/mol. The van der Waals surface area contributed by atoms with Crippen molar-refractivity contribution in [2.45, 2.75) is 17.9 Å². The summed E-state index contributed by atoms with van der Waals surface area (Å²) < 4.78 is 27.6. The molecule has 1 aromatic rings. The predicted molar refractivity (Wildman–Crippen MR) is 68.1 cm³/mol. The zero-order chi connectivity index (χ0) is 14.0. The van der Waals surface area contributed by atoms with Crippen LogP contribution >= 0.6 is 0 Å². The fraction of sp³-hybridized carbons (Fsp3) is 0.600. The minimum absolute atomic E-state index is 0.0740. The van der Waals surface area contributed by atoms with Gasteiger partial charge in [0.2, 0.25) is 0 Å². The second-order valence-corrected chi connectivity index (χ2v) is 6.40. The van der Waals surface area contributed by atoms with Gasteiger partial charge in [0.15, 0.2) is 5.03 Å². The van der Waals surface area contributed by atoms with Crippen molar-refractivity contribution in [3.8, 4) is 0 Å². The number of hydrogen-bond acceptors (Lipinski definition) is 5. The van der Waals surface area contributed by atoms with Gasteiger partial charge < -0.3 is 10.9 Å². The average Bonchev–Trinajstić information content (AvgIpc) is 2.85. The Kier molecular flexibility index (Phi) is 3.76. The Morgan fingerprint density at radius 1 is 1.63 bits per heavy atom. The molecular weight excluding hydrogens is 270 g/mol. The number of rotatable bonds is 3. The minimum Gasteiger partial charge on any atom is -0.409 e. The van der Waals surface area contributed by atoms with Crippen LogP contribution in [0.15, 0.2) is 22.4 Å². The lowest BCUT2D eigenvalue weighted by Gasteiger charge is -2.30. The normalized spacial score (nSPS) is 22.6. The molecule has 1 aromatic heterocycles. The van der Waals surface area contributed by atoms with E-state index in [1.54, 1.807) is 7.05 Å². The third kappa shape index (κ3) is 2.56. The number of aryl methyl sites for hydroxylation is 1. The zero-order valence-electron chi connectivity index (χ0n) is 10.6. The molecule has 2 rings (SSSR count). The Balaban J connectivity index is 2.25. The van der Waals surface area contributed by atoms with E-state index in [-0.39, 0.29) is 23.3 Å². The highest BCUT2D eigenvalue weighted by molar-refractivity contribution is 7.89. The van der Waals surface area contributed by atoms with Gasteiger partial charge in [0.1, 0.15) is 5.84 Å². The van der Waals surface area contributed by atoms with E-state index in [9.17, 15) is 8.42 Å². The summed E-state index contributed by atoms with van der Waals surface area (Å²) in [5.74, 6) is -0.174. The summed E-state index contributed by atoms with van der Waals surface area (Å²) in [5, 5.41) is 15.7. The number of aromatic nitrogens is 2. The van der Waals surface area contributed by atoms with Crippen molar-refractivity contribution < 1.29 is 13.6 Å². The Labute approximate surface area is 111 Å². The molecule has 0 aliphatic carbocycles. The van der Waals surface area contributed by atoms with Crippen molar-refractivity contribution in [2.24, 2.45) is 23.9 Å². The number of sulfonamides is 1. The first-order chi connectivity index (χ1) is 8.96. The van der Waals surface area contributed by atoms with E-state index in [0.29, 0.717) is 19.4 Å². The third-order valence-electron chi connectivity index (χ3n) is 3.30. The summed E-state index contributed by atoms with van der Waals surface area (Å²) in [6.45, 7) is 0.659. The van der Waals surface area contributed by atoms with Crippen LogP contribution in [0.25, 0.3) is 0 Å². The van der Waals surface area contributed by atoms with Crippen LogP contribution in [0.1, 0.15) is 12.8 Å². The lowest BCUT2D eigenvalue weighted by Crippen LogP contribution is -2.44. The van der Waals surface area contributed by atoms with Crippen LogP contribution in [0.3, 0.4) is 0 Å². The molecular formula is C10H17N5O3S. The summed E-state index contributed by atoms with van der Waals surface area (Å²) in [4.78, 5) is 0. The van der Waals surface area contributed by atoms with E-state index < -0.39 is 10.0 Å². The summed E-state index contributed by atoms with van der Waals surface area (Å²) >= 11 is 0. The molecule has 1 atom stereocenters. The van der Waals surface area contributed by atoms with Gasteiger partial charge >= 0.3 is 0 Å². The molecule has 0 bridgehead atoms. The highest BCUT2D eigenvalue weighted by Crippen LogP contribution is 2.23. The largest absolute Gasteiger partial charge is 0.409 e. The molecule has 19 heavy (non-hydrogen) atoms. The van der Waals surface area contributed by atoms with E-state index in [4.69, 9.17) is 10.9 Å². The standard InChI is InChI=1S/C10H17N5O3S/c1-14-9(4-5-12-14)19(17,18)15-6-2-3-8(7-15)10(11)13-16/h4-5,8,16H,2-3,6-7H2,1H3,(H2,11,13). The lowest BCUT2D eigenvalue weighted by atomic mass is 9.99. The highest BCUT2D eigenvalue weighted by atomic mass is 32.2. The first-order valence-electron chi connectivity index (χ1n) is 5.92. The first-order valence-corrected chi connectivity index (χ1v) is 7.36. The molecule has 2 heterocycles. The number of amidine groups is 1. The molecule has 1 aliphatic heterocycles. The topological polar surface area (TPSA) is 114 Å². The van der Waals surface area contributed by atoms with E-state index >= 15 is 0 Å². The summed E-state index contributed by atoms with van der Waals surface area (Å²) in [6.07, 6.45) is 2.84. The SMILES string of the molecule is Cn1nccc1S(=O)(=O)N1CCCC(/C(N)=N/O)C1. The molecule has 1 unspecified atom stereocenters. The first kappa shape index (κ1) is 13.8. The quantitative estimate of drug-likeness (QED) is 0.339. The predicted octanol–water partition coefficient (Wildman–Crippen LogP) is -0.433. The van der Waals surface area contributed by atoms with Gasteiger partial charge in [-0.1, -0.05) is 5.16 Å². The van der Waals surface area contributed by atoms with Gasteiger partial charge in [0.05, 0.1) is 6.20 Å². The van der Waals surface area contributed by atoms with Gasteiger partial charge in [0.25, 0.3) is 10.0 Å². The van der Waals surface area contributed by atoms with E-state index in [1.807, 2.05) is 0 Å². The lowest BCUT2D eigenvalue weighted by molar-refractivity contribution is 0.286. The van der Waals surface area contributed by atoms with Gasteiger partial charge in [-0.25, -0.2) is 8.42 Å². The molecule has 106 valence electrons. The van der Waals surface area contributed by atoms with Gasteiger partial charge in [-0.05, 0) is 18.9 Å². The van der Waals surface area contributed by atoms with E-state index in [1.165, 1.54) is 21.3 Å². The Morgan fingerprint density at radius 2 is 2.37 bits per heavy atom. The van der Waals surface area contributed by atoms with Crippen molar-refractivity contribution in [1.29, 1.82) is 0 Å². The van der Waals surface area contributed by atoms with Crippen molar-refractivity contribution >= 4 is 15.9 Å². The van der Waals surface area contributed by atoms with Gasteiger partial charge in [-0.2, -0.15) is 9.40 Å². The van der Waals surface area contributed by atoms with Crippen LogP contribution < -0.4 is 5.73 Å². The summed E-state index contributed by atoms with van der Waals surface area (Å²) in [5.41, 5.74) is 5.56. The maximum absolute atomic E-state index is 12.4. The minimum atomic E-state index is -3.58. The van der Waals surface area contributed by atoms with Gasteiger partial charge in [0, 0.05) is 26.1 Å². The number of piperidine rings is 1. The molecule has 0 saturated carbocycles. The van der Waals surface area contributed by atoms with Crippen molar-refractivity contribution in [1.82, 2.24) is 14.1 Å². The highest BCUT2D eigenvalue weighted by Gasteiger charge is 2.33. The molecule has 8 nitrogen and oxygen atoms in total.